The minimum absolute atomic E-state index is 0.102. The van der Waals surface area contributed by atoms with Gasteiger partial charge in [-0.2, -0.15) is 5.10 Å². The molecule has 8 nitrogen and oxygen atoms in total. The Morgan fingerprint density at radius 1 is 1.12 bits per heavy atom. The highest BCUT2D eigenvalue weighted by molar-refractivity contribution is 6.41. The standard InChI is InChI=1S/C16H9Cl2N5O3/c17-7-2-3-8(18)12-11(7)13(22-23-14(12)24)6-1-4-9-10(5-6)20-15(19-9)21-16(25)26/h1-5H,(H,23,24)(H,25,26)(H2,19,20,21). The summed E-state index contributed by atoms with van der Waals surface area (Å²) in [5.74, 6) is 0.102. The van der Waals surface area contributed by atoms with Crippen molar-refractivity contribution < 1.29 is 9.90 Å². The first kappa shape index (κ1) is 16.4. The van der Waals surface area contributed by atoms with Crippen LogP contribution in [0.2, 0.25) is 10.0 Å². The van der Waals surface area contributed by atoms with E-state index in [1.807, 2.05) is 0 Å². The molecule has 4 rings (SSSR count). The molecule has 0 aliphatic carbocycles. The van der Waals surface area contributed by atoms with Crippen LogP contribution >= 0.6 is 23.2 Å². The van der Waals surface area contributed by atoms with Gasteiger partial charge in [-0.15, -0.1) is 0 Å². The summed E-state index contributed by atoms with van der Waals surface area (Å²) in [6, 6.07) is 8.32. The van der Waals surface area contributed by atoms with E-state index in [1.165, 1.54) is 0 Å². The van der Waals surface area contributed by atoms with E-state index in [1.54, 1.807) is 30.3 Å². The third-order valence-electron chi connectivity index (χ3n) is 3.82. The Morgan fingerprint density at radius 3 is 2.58 bits per heavy atom. The maximum Gasteiger partial charge on any atom is 0.411 e. The topological polar surface area (TPSA) is 124 Å². The van der Waals surface area contributed by atoms with Gasteiger partial charge in [0.1, 0.15) is 5.69 Å². The molecular weight excluding hydrogens is 381 g/mol. The van der Waals surface area contributed by atoms with E-state index in [0.29, 0.717) is 32.7 Å². The molecule has 0 fully saturated rings. The molecule has 0 unspecified atom stereocenters. The van der Waals surface area contributed by atoms with E-state index in [2.05, 4.69) is 25.5 Å². The van der Waals surface area contributed by atoms with Crippen molar-refractivity contribution in [1.82, 2.24) is 20.2 Å². The predicted octanol–water partition coefficient (Wildman–Crippen LogP) is 3.86. The fraction of sp³-hybridized carbons (Fsp3) is 0. The smallest absolute Gasteiger partial charge is 0.411 e. The zero-order chi connectivity index (χ0) is 18.4. The van der Waals surface area contributed by atoms with Gasteiger partial charge in [0.15, 0.2) is 0 Å². The molecule has 26 heavy (non-hydrogen) atoms. The van der Waals surface area contributed by atoms with E-state index < -0.39 is 11.7 Å². The van der Waals surface area contributed by atoms with Crippen LogP contribution in [0.5, 0.6) is 0 Å². The molecule has 0 saturated heterocycles. The number of benzene rings is 2. The fourth-order valence-corrected chi connectivity index (χ4v) is 3.24. The third-order valence-corrected chi connectivity index (χ3v) is 4.45. The average molecular weight is 390 g/mol. The van der Waals surface area contributed by atoms with Crippen LogP contribution in [0.4, 0.5) is 10.7 Å². The van der Waals surface area contributed by atoms with E-state index >= 15 is 0 Å². The van der Waals surface area contributed by atoms with Crippen molar-refractivity contribution >= 4 is 57.0 Å². The summed E-state index contributed by atoms with van der Waals surface area (Å²) in [4.78, 5) is 29.9. The fourth-order valence-electron chi connectivity index (χ4n) is 2.75. The second-order valence-corrected chi connectivity index (χ2v) is 6.24. The number of hydrogen-bond acceptors (Lipinski definition) is 4. The minimum Gasteiger partial charge on any atom is -0.465 e. The number of nitrogens with one attached hydrogen (secondary N) is 3. The first-order chi connectivity index (χ1) is 12.4. The first-order valence-corrected chi connectivity index (χ1v) is 8.06. The van der Waals surface area contributed by atoms with Gasteiger partial charge in [-0.05, 0) is 24.3 Å². The summed E-state index contributed by atoms with van der Waals surface area (Å²) in [5.41, 5.74) is 1.78. The predicted molar refractivity (Wildman–Crippen MR) is 99.1 cm³/mol. The maximum atomic E-state index is 12.1. The molecule has 0 radical (unpaired) electrons. The number of carboxylic acid groups (broad SMARTS) is 1. The number of H-pyrrole nitrogens is 2. The number of carbonyl (C=O) groups is 1. The van der Waals surface area contributed by atoms with E-state index in [4.69, 9.17) is 28.3 Å². The van der Waals surface area contributed by atoms with Crippen LogP contribution < -0.4 is 10.9 Å². The largest absolute Gasteiger partial charge is 0.465 e. The van der Waals surface area contributed by atoms with Gasteiger partial charge >= 0.3 is 6.09 Å². The number of imidazole rings is 1. The quantitative estimate of drug-likeness (QED) is 0.414. The maximum absolute atomic E-state index is 12.1. The Kier molecular flexibility index (Phi) is 3.78. The summed E-state index contributed by atoms with van der Waals surface area (Å²) in [7, 11) is 0. The van der Waals surface area contributed by atoms with Gasteiger partial charge in [-0.25, -0.2) is 14.9 Å². The van der Waals surface area contributed by atoms with Crippen molar-refractivity contribution in [1.29, 1.82) is 0 Å². The highest BCUT2D eigenvalue weighted by atomic mass is 35.5. The Labute approximate surface area is 154 Å². The summed E-state index contributed by atoms with van der Waals surface area (Å²) in [6.07, 6.45) is -1.22. The van der Waals surface area contributed by atoms with Crippen LogP contribution in [0.25, 0.3) is 33.1 Å². The van der Waals surface area contributed by atoms with Crippen molar-refractivity contribution in [3.8, 4) is 11.3 Å². The van der Waals surface area contributed by atoms with E-state index in [-0.39, 0.29) is 16.4 Å². The van der Waals surface area contributed by atoms with Crippen LogP contribution in [0, 0.1) is 0 Å². The number of fused-ring (bicyclic) bond motifs is 2. The molecule has 0 spiro atoms. The number of aromatic nitrogens is 4. The van der Waals surface area contributed by atoms with Crippen LogP contribution in [0.1, 0.15) is 0 Å². The zero-order valence-corrected chi connectivity index (χ0v) is 14.3. The molecule has 4 N–H and O–H groups in total. The van der Waals surface area contributed by atoms with Gasteiger partial charge in [0.05, 0.1) is 26.5 Å². The molecular formula is C16H9Cl2N5O3. The highest BCUT2D eigenvalue weighted by Gasteiger charge is 2.16. The molecule has 2 aromatic carbocycles. The summed E-state index contributed by atoms with van der Waals surface area (Å²) in [6.45, 7) is 0. The molecule has 130 valence electrons. The Balaban J connectivity index is 1.95. The highest BCUT2D eigenvalue weighted by Crippen LogP contribution is 2.34. The summed E-state index contributed by atoms with van der Waals surface area (Å²) >= 11 is 12.4. The number of nitrogens with zero attached hydrogens (tertiary/aromatic N) is 2. The number of halogens is 2. The molecule has 1 amide bonds. The van der Waals surface area contributed by atoms with Gasteiger partial charge in [-0.1, -0.05) is 29.3 Å². The molecule has 4 aromatic rings. The van der Waals surface area contributed by atoms with Crippen molar-refractivity contribution in [2.45, 2.75) is 0 Å². The molecule has 0 aliphatic heterocycles. The number of anilines is 1. The van der Waals surface area contributed by atoms with Gasteiger partial charge in [0.25, 0.3) is 5.56 Å². The average Bonchev–Trinajstić information content (AvgIpc) is 2.98. The second-order valence-electron chi connectivity index (χ2n) is 5.43. The number of aromatic amines is 2. The Hall–Kier alpha value is -3.10. The molecule has 0 aliphatic rings. The lowest BCUT2D eigenvalue weighted by Crippen LogP contribution is -2.10. The molecule has 2 aromatic heterocycles. The lowest BCUT2D eigenvalue weighted by atomic mass is 10.0. The summed E-state index contributed by atoms with van der Waals surface area (Å²) in [5, 5.41) is 18.8. The van der Waals surface area contributed by atoms with Crippen molar-refractivity contribution in [2.24, 2.45) is 0 Å². The van der Waals surface area contributed by atoms with Gasteiger partial charge in [-0.3, -0.25) is 10.1 Å². The van der Waals surface area contributed by atoms with Crippen molar-refractivity contribution in [3.05, 3.63) is 50.7 Å². The van der Waals surface area contributed by atoms with E-state index in [0.717, 1.165) is 0 Å². The lowest BCUT2D eigenvalue weighted by molar-refractivity contribution is 0.209. The van der Waals surface area contributed by atoms with Crippen LogP contribution in [0.3, 0.4) is 0 Å². The lowest BCUT2D eigenvalue weighted by Gasteiger charge is -2.08. The monoisotopic (exact) mass is 389 g/mol. The molecule has 0 atom stereocenters. The van der Waals surface area contributed by atoms with E-state index in [9.17, 15) is 9.59 Å². The number of amides is 1. The Morgan fingerprint density at radius 2 is 1.85 bits per heavy atom. The summed E-state index contributed by atoms with van der Waals surface area (Å²) < 4.78 is 0. The third kappa shape index (κ3) is 2.65. The molecule has 10 heteroatoms. The molecule has 0 bridgehead atoms. The van der Waals surface area contributed by atoms with Crippen LogP contribution in [-0.2, 0) is 0 Å². The second kappa shape index (κ2) is 6.01. The molecule has 2 heterocycles. The number of rotatable bonds is 2. The van der Waals surface area contributed by atoms with Gasteiger partial charge in [0.2, 0.25) is 5.95 Å². The van der Waals surface area contributed by atoms with Gasteiger partial charge < -0.3 is 10.1 Å². The Bertz CT molecular complexity index is 1250. The van der Waals surface area contributed by atoms with Gasteiger partial charge in [0, 0.05) is 10.9 Å². The first-order valence-electron chi connectivity index (χ1n) is 7.30. The van der Waals surface area contributed by atoms with Crippen molar-refractivity contribution in [3.63, 3.8) is 0 Å². The normalized spacial score (nSPS) is 11.2. The minimum atomic E-state index is -1.22. The zero-order valence-electron chi connectivity index (χ0n) is 12.8. The molecule has 0 saturated carbocycles. The SMILES string of the molecule is O=C(O)Nc1nc2cc(-c3n[nH]c(=O)c4c(Cl)ccc(Cl)c34)ccc2[nH]1. The van der Waals surface area contributed by atoms with Crippen LogP contribution in [0.15, 0.2) is 35.1 Å². The number of hydrogen-bond donors (Lipinski definition) is 4. The van der Waals surface area contributed by atoms with Crippen LogP contribution in [-0.4, -0.2) is 31.4 Å². The van der Waals surface area contributed by atoms with Crippen molar-refractivity contribution in [2.75, 3.05) is 5.32 Å².